The number of alkyl halides is 3. The number of anilines is 1. The van der Waals surface area contributed by atoms with Crippen LogP contribution in [0.1, 0.15) is 24.1 Å². The van der Waals surface area contributed by atoms with Crippen molar-refractivity contribution in [1.82, 2.24) is 0 Å². The molecule has 112 valence electrons. The number of halogens is 5. The van der Waals surface area contributed by atoms with Gasteiger partial charge in [-0.15, -0.1) is 0 Å². The molecule has 6 heteroatoms. The van der Waals surface area contributed by atoms with Crippen molar-refractivity contribution in [3.63, 3.8) is 0 Å². The van der Waals surface area contributed by atoms with Crippen molar-refractivity contribution in [2.45, 2.75) is 19.1 Å². The van der Waals surface area contributed by atoms with Crippen molar-refractivity contribution in [2.75, 3.05) is 5.32 Å². The van der Waals surface area contributed by atoms with E-state index in [1.807, 2.05) is 0 Å². The molecule has 0 aliphatic rings. The zero-order valence-corrected chi connectivity index (χ0v) is 11.0. The summed E-state index contributed by atoms with van der Waals surface area (Å²) < 4.78 is 64.6. The van der Waals surface area contributed by atoms with E-state index in [9.17, 15) is 22.0 Å². The molecule has 1 unspecified atom stereocenters. The molecule has 0 heterocycles. The van der Waals surface area contributed by atoms with Gasteiger partial charge in [-0.05, 0) is 42.8 Å². The van der Waals surface area contributed by atoms with E-state index < -0.39 is 29.4 Å². The molecule has 1 nitrogen and oxygen atoms in total. The zero-order chi connectivity index (χ0) is 15.6. The number of hydrogen-bond donors (Lipinski definition) is 1. The minimum absolute atomic E-state index is 0.276. The smallest absolute Gasteiger partial charge is 0.376 e. The lowest BCUT2D eigenvalue weighted by Gasteiger charge is -2.17. The second-order valence-electron chi connectivity index (χ2n) is 4.61. The first-order valence-electron chi connectivity index (χ1n) is 6.16. The Bertz CT molecular complexity index is 636. The van der Waals surface area contributed by atoms with Crippen LogP contribution in [0.25, 0.3) is 0 Å². The highest BCUT2D eigenvalue weighted by Gasteiger charge is 2.31. The van der Waals surface area contributed by atoms with Crippen LogP contribution in [0.15, 0.2) is 42.5 Å². The molecular formula is C15H12F5N. The van der Waals surface area contributed by atoms with Crippen molar-refractivity contribution in [2.24, 2.45) is 0 Å². The average molecular weight is 301 g/mol. The van der Waals surface area contributed by atoms with Gasteiger partial charge >= 0.3 is 6.18 Å². The Kier molecular flexibility index (Phi) is 4.16. The summed E-state index contributed by atoms with van der Waals surface area (Å²) in [5.41, 5.74) is -0.716. The monoisotopic (exact) mass is 301 g/mol. The van der Waals surface area contributed by atoms with Gasteiger partial charge in [0.15, 0.2) is 0 Å². The van der Waals surface area contributed by atoms with Crippen LogP contribution < -0.4 is 5.32 Å². The molecule has 1 N–H and O–H groups in total. The van der Waals surface area contributed by atoms with Crippen LogP contribution in [-0.4, -0.2) is 0 Å². The highest BCUT2D eigenvalue weighted by Crippen LogP contribution is 2.32. The Labute approximate surface area is 118 Å². The lowest BCUT2D eigenvalue weighted by molar-refractivity contribution is -0.137. The molecule has 2 rings (SSSR count). The fraction of sp³-hybridized carbons (Fsp3) is 0.200. The quantitative estimate of drug-likeness (QED) is 0.772. The second kappa shape index (κ2) is 5.71. The molecule has 2 aromatic rings. The van der Waals surface area contributed by atoms with Crippen LogP contribution in [0.4, 0.5) is 27.6 Å². The zero-order valence-electron chi connectivity index (χ0n) is 11.0. The molecule has 1 atom stereocenters. The van der Waals surface area contributed by atoms with Crippen LogP contribution in [0.5, 0.6) is 0 Å². The summed E-state index contributed by atoms with van der Waals surface area (Å²) in [7, 11) is 0. The van der Waals surface area contributed by atoms with Crippen LogP contribution in [0, 0.1) is 11.6 Å². The Morgan fingerprint density at radius 1 is 1.00 bits per heavy atom. The fourth-order valence-electron chi connectivity index (χ4n) is 1.90. The van der Waals surface area contributed by atoms with Gasteiger partial charge in [0, 0.05) is 6.04 Å². The molecule has 0 bridgehead atoms. The predicted molar refractivity (Wildman–Crippen MR) is 69.8 cm³/mol. The maximum atomic E-state index is 13.6. The van der Waals surface area contributed by atoms with Crippen LogP contribution in [0.2, 0.25) is 0 Å². The molecule has 0 aromatic heterocycles. The highest BCUT2D eigenvalue weighted by molar-refractivity contribution is 5.49. The molecule has 0 aliphatic carbocycles. The molecule has 0 amide bonds. The lowest BCUT2D eigenvalue weighted by Crippen LogP contribution is -2.11. The van der Waals surface area contributed by atoms with Crippen LogP contribution >= 0.6 is 0 Å². The van der Waals surface area contributed by atoms with Crippen molar-refractivity contribution in [3.8, 4) is 0 Å². The van der Waals surface area contributed by atoms with Gasteiger partial charge < -0.3 is 5.32 Å². The fourth-order valence-corrected chi connectivity index (χ4v) is 1.90. The molecular weight excluding hydrogens is 289 g/mol. The number of benzene rings is 2. The summed E-state index contributed by atoms with van der Waals surface area (Å²) >= 11 is 0. The van der Waals surface area contributed by atoms with Crippen molar-refractivity contribution in [3.05, 3.63) is 65.2 Å². The first-order chi connectivity index (χ1) is 9.77. The Balaban J connectivity index is 2.26. The molecule has 0 saturated heterocycles. The van der Waals surface area contributed by atoms with E-state index >= 15 is 0 Å². The van der Waals surface area contributed by atoms with Gasteiger partial charge in [-0.2, -0.15) is 13.2 Å². The van der Waals surface area contributed by atoms with E-state index in [1.165, 1.54) is 18.2 Å². The maximum absolute atomic E-state index is 13.6. The molecule has 0 spiro atoms. The van der Waals surface area contributed by atoms with Crippen molar-refractivity contribution >= 4 is 5.69 Å². The van der Waals surface area contributed by atoms with E-state index in [0.717, 1.165) is 6.07 Å². The molecule has 2 aromatic carbocycles. The third-order valence-corrected chi connectivity index (χ3v) is 3.01. The van der Waals surface area contributed by atoms with E-state index in [4.69, 9.17) is 0 Å². The Hall–Kier alpha value is -2.11. The highest BCUT2D eigenvalue weighted by atomic mass is 19.4. The summed E-state index contributed by atoms with van der Waals surface area (Å²) in [5.74, 6) is -1.27. The molecule has 21 heavy (non-hydrogen) atoms. The van der Waals surface area contributed by atoms with E-state index in [2.05, 4.69) is 5.32 Å². The van der Waals surface area contributed by atoms with Gasteiger partial charge in [0.2, 0.25) is 0 Å². The minimum atomic E-state index is -4.55. The molecule has 0 aliphatic heterocycles. The summed E-state index contributed by atoms with van der Waals surface area (Å²) in [5, 5.41) is 2.62. The molecule has 0 fully saturated rings. The van der Waals surface area contributed by atoms with Crippen molar-refractivity contribution in [1.29, 1.82) is 0 Å². The predicted octanol–water partition coefficient (Wildman–Crippen LogP) is 5.16. The van der Waals surface area contributed by atoms with Gasteiger partial charge in [0.05, 0.1) is 11.3 Å². The van der Waals surface area contributed by atoms with Gasteiger partial charge in [-0.3, -0.25) is 0 Å². The largest absolute Gasteiger partial charge is 0.416 e. The van der Waals surface area contributed by atoms with E-state index in [0.29, 0.717) is 17.7 Å². The topological polar surface area (TPSA) is 12.0 Å². The normalized spacial score (nSPS) is 13.0. The SMILES string of the molecule is CC(Nc1cc(C(F)(F)F)ccc1F)c1cccc(F)c1. The summed E-state index contributed by atoms with van der Waals surface area (Å²) in [6, 6.07) is 7.16. The Morgan fingerprint density at radius 3 is 2.33 bits per heavy atom. The first-order valence-corrected chi connectivity index (χ1v) is 6.16. The second-order valence-corrected chi connectivity index (χ2v) is 4.61. The number of hydrogen-bond acceptors (Lipinski definition) is 1. The molecule has 0 radical (unpaired) electrons. The summed E-state index contributed by atoms with van der Waals surface area (Å²) in [4.78, 5) is 0. The third kappa shape index (κ3) is 3.71. The Morgan fingerprint density at radius 2 is 1.71 bits per heavy atom. The van der Waals surface area contributed by atoms with Gasteiger partial charge in [-0.25, -0.2) is 8.78 Å². The standard InChI is InChI=1S/C15H12F5N/c1-9(10-3-2-4-12(16)7-10)21-14-8-11(15(18,19)20)5-6-13(14)17/h2-9,21H,1H3. The number of nitrogens with one attached hydrogen (secondary N) is 1. The van der Waals surface area contributed by atoms with E-state index in [1.54, 1.807) is 13.0 Å². The number of rotatable bonds is 3. The van der Waals surface area contributed by atoms with Crippen molar-refractivity contribution < 1.29 is 22.0 Å². The summed E-state index contributed by atoms with van der Waals surface area (Å²) in [6.45, 7) is 1.61. The lowest BCUT2D eigenvalue weighted by atomic mass is 10.1. The van der Waals surface area contributed by atoms with Crippen LogP contribution in [-0.2, 0) is 6.18 Å². The van der Waals surface area contributed by atoms with Gasteiger partial charge in [0.25, 0.3) is 0 Å². The van der Waals surface area contributed by atoms with Gasteiger partial charge in [0.1, 0.15) is 11.6 Å². The van der Waals surface area contributed by atoms with E-state index in [-0.39, 0.29) is 5.69 Å². The maximum Gasteiger partial charge on any atom is 0.416 e. The first kappa shape index (κ1) is 15.3. The minimum Gasteiger partial charge on any atom is -0.376 e. The van der Waals surface area contributed by atoms with Gasteiger partial charge in [-0.1, -0.05) is 12.1 Å². The molecule has 0 saturated carbocycles. The summed E-state index contributed by atoms with van der Waals surface area (Å²) in [6.07, 6.45) is -4.55. The van der Waals surface area contributed by atoms with Crippen LogP contribution in [0.3, 0.4) is 0 Å². The average Bonchev–Trinajstić information content (AvgIpc) is 2.40. The third-order valence-electron chi connectivity index (χ3n) is 3.01.